The Labute approximate surface area is 267 Å². The first-order valence-electron chi connectivity index (χ1n) is 15.3. The predicted octanol–water partition coefficient (Wildman–Crippen LogP) is 8.50. The molecule has 0 aliphatic carbocycles. The minimum absolute atomic E-state index is 0.438. The van der Waals surface area contributed by atoms with Crippen LogP contribution >= 0.6 is 0 Å². The second-order valence-corrected chi connectivity index (χ2v) is 11.5. The van der Waals surface area contributed by atoms with Gasteiger partial charge in [-0.1, -0.05) is 60.7 Å². The van der Waals surface area contributed by atoms with E-state index in [-0.39, 0.29) is 0 Å². The molecular weight excluding hydrogens is 580 g/mol. The first kappa shape index (κ1) is 25.6. The molecule has 6 heterocycles. The Hall–Kier alpha value is -6.67. The smallest absolute Gasteiger partial charge is 0.241 e. The molecule has 47 heavy (non-hydrogen) atoms. The standard InChI is InChI=1S/C39H22N8/c1-3-13-27-25(11-1)31(21-23-9-5-17-40-33(23)27)35-44-36(32-22-24-10-6-18-41-34(24)28-14-4-2-12-26(28)32)46-39(45-35)47-37-29(15-7-19-42-37)30-16-8-20-43-38(30)47/h1-22H. The van der Waals surface area contributed by atoms with Crippen LogP contribution in [0.15, 0.2) is 134 Å². The van der Waals surface area contributed by atoms with E-state index in [9.17, 15) is 0 Å². The highest BCUT2D eigenvalue weighted by atomic mass is 15.2. The maximum absolute atomic E-state index is 5.24. The second kappa shape index (κ2) is 9.92. The van der Waals surface area contributed by atoms with Crippen LogP contribution in [0.3, 0.4) is 0 Å². The lowest BCUT2D eigenvalue weighted by Gasteiger charge is -2.14. The van der Waals surface area contributed by atoms with E-state index in [4.69, 9.17) is 34.9 Å². The fourth-order valence-electron chi connectivity index (χ4n) is 6.77. The quantitative estimate of drug-likeness (QED) is 0.187. The van der Waals surface area contributed by atoms with Crippen LogP contribution < -0.4 is 0 Å². The van der Waals surface area contributed by atoms with E-state index in [1.165, 1.54) is 0 Å². The molecule has 6 aromatic heterocycles. The summed E-state index contributed by atoms with van der Waals surface area (Å²) in [7, 11) is 0. The Morgan fingerprint density at radius 1 is 0.383 bits per heavy atom. The van der Waals surface area contributed by atoms with Crippen LogP contribution in [0.4, 0.5) is 0 Å². The fourth-order valence-corrected chi connectivity index (χ4v) is 6.77. The van der Waals surface area contributed by atoms with Gasteiger partial charge >= 0.3 is 0 Å². The van der Waals surface area contributed by atoms with Gasteiger partial charge < -0.3 is 0 Å². The van der Waals surface area contributed by atoms with Crippen LogP contribution in [0.25, 0.3) is 94.1 Å². The van der Waals surface area contributed by atoms with Gasteiger partial charge in [-0.2, -0.15) is 9.97 Å². The largest absolute Gasteiger partial charge is 0.256 e. The summed E-state index contributed by atoms with van der Waals surface area (Å²) < 4.78 is 1.94. The van der Waals surface area contributed by atoms with Crippen molar-refractivity contribution >= 4 is 65.4 Å². The third-order valence-electron chi connectivity index (χ3n) is 8.81. The van der Waals surface area contributed by atoms with E-state index in [2.05, 4.69) is 60.7 Å². The molecule has 0 spiro atoms. The van der Waals surface area contributed by atoms with Crippen LogP contribution in [-0.4, -0.2) is 39.5 Å². The van der Waals surface area contributed by atoms with Crippen LogP contribution in [0.2, 0.25) is 0 Å². The summed E-state index contributed by atoms with van der Waals surface area (Å²) in [6.07, 6.45) is 7.23. The van der Waals surface area contributed by atoms with Gasteiger partial charge in [0.05, 0.1) is 11.0 Å². The van der Waals surface area contributed by atoms with Crippen LogP contribution in [0.5, 0.6) is 0 Å². The number of nitrogens with zero attached hydrogens (tertiary/aromatic N) is 8. The summed E-state index contributed by atoms with van der Waals surface area (Å²) in [5.74, 6) is 1.53. The number of benzene rings is 4. The van der Waals surface area contributed by atoms with Crippen molar-refractivity contribution in [3.05, 3.63) is 134 Å². The summed E-state index contributed by atoms with van der Waals surface area (Å²) in [4.78, 5) is 34.7. The average Bonchev–Trinajstić information content (AvgIpc) is 3.48. The monoisotopic (exact) mass is 602 g/mol. The number of pyridine rings is 4. The van der Waals surface area contributed by atoms with Gasteiger partial charge in [0, 0.05) is 68.2 Å². The predicted molar refractivity (Wildman–Crippen MR) is 186 cm³/mol. The lowest BCUT2D eigenvalue weighted by atomic mass is 9.99. The molecule has 0 fully saturated rings. The lowest BCUT2D eigenvalue weighted by Crippen LogP contribution is -2.08. The van der Waals surface area contributed by atoms with Crippen molar-refractivity contribution in [2.75, 3.05) is 0 Å². The molecule has 0 radical (unpaired) electrons. The number of hydrogen-bond donors (Lipinski definition) is 0. The van der Waals surface area contributed by atoms with Crippen molar-refractivity contribution in [3.8, 4) is 28.7 Å². The third-order valence-corrected chi connectivity index (χ3v) is 8.81. The highest BCUT2D eigenvalue weighted by Crippen LogP contribution is 2.37. The lowest BCUT2D eigenvalue weighted by molar-refractivity contribution is 0.936. The molecule has 8 nitrogen and oxygen atoms in total. The molecule has 10 rings (SSSR count). The van der Waals surface area contributed by atoms with Gasteiger partial charge in [-0.05, 0) is 59.3 Å². The Morgan fingerprint density at radius 3 is 1.32 bits per heavy atom. The minimum Gasteiger partial charge on any atom is -0.256 e. The van der Waals surface area contributed by atoms with Gasteiger partial charge in [-0.15, -0.1) is 0 Å². The van der Waals surface area contributed by atoms with Gasteiger partial charge in [-0.25, -0.2) is 19.5 Å². The Morgan fingerprint density at radius 2 is 0.809 bits per heavy atom. The minimum atomic E-state index is 0.438. The molecule has 10 aromatic rings. The molecule has 0 saturated carbocycles. The molecule has 0 aliphatic heterocycles. The fraction of sp³-hybridized carbons (Fsp3) is 0. The highest BCUT2D eigenvalue weighted by Gasteiger charge is 2.21. The van der Waals surface area contributed by atoms with Crippen molar-refractivity contribution in [2.24, 2.45) is 0 Å². The summed E-state index contributed by atoms with van der Waals surface area (Å²) >= 11 is 0. The third kappa shape index (κ3) is 3.85. The van der Waals surface area contributed by atoms with Crippen LogP contribution in [0, 0.1) is 0 Å². The molecule has 0 aliphatic rings. The van der Waals surface area contributed by atoms with Crippen molar-refractivity contribution in [1.29, 1.82) is 0 Å². The molecule has 218 valence electrons. The Kier molecular flexibility index (Phi) is 5.41. The SMILES string of the molecule is c1cnc2c(c1)cc(-c1nc(-c3cc4cccnc4c4ccccc34)nc(-n3c4ncccc4c4cccnc43)n1)c1ccccc12. The molecule has 0 atom stereocenters. The van der Waals surface area contributed by atoms with Crippen molar-refractivity contribution in [1.82, 2.24) is 39.5 Å². The normalized spacial score (nSPS) is 11.8. The summed E-state index contributed by atoms with van der Waals surface area (Å²) in [6, 6.07) is 36.8. The number of aromatic nitrogens is 8. The molecule has 0 N–H and O–H groups in total. The summed E-state index contributed by atoms with van der Waals surface area (Å²) in [6.45, 7) is 0. The Bertz CT molecular complexity index is 2690. The number of hydrogen-bond acceptors (Lipinski definition) is 7. The van der Waals surface area contributed by atoms with Gasteiger partial charge in [0.25, 0.3) is 0 Å². The van der Waals surface area contributed by atoms with Crippen LogP contribution in [-0.2, 0) is 0 Å². The maximum atomic E-state index is 5.24. The van der Waals surface area contributed by atoms with Crippen molar-refractivity contribution in [3.63, 3.8) is 0 Å². The van der Waals surface area contributed by atoms with Gasteiger partial charge in [-0.3, -0.25) is 9.97 Å². The van der Waals surface area contributed by atoms with Gasteiger partial charge in [0.2, 0.25) is 5.95 Å². The van der Waals surface area contributed by atoms with E-state index in [1.807, 2.05) is 65.5 Å². The Balaban J connectivity index is 1.36. The van der Waals surface area contributed by atoms with E-state index < -0.39 is 0 Å². The zero-order valence-electron chi connectivity index (χ0n) is 24.8. The number of fused-ring (bicyclic) bond motifs is 9. The highest BCUT2D eigenvalue weighted by molar-refractivity contribution is 6.13. The molecule has 8 heteroatoms. The maximum Gasteiger partial charge on any atom is 0.241 e. The average molecular weight is 603 g/mol. The zero-order valence-corrected chi connectivity index (χ0v) is 24.8. The molecule has 4 aromatic carbocycles. The molecular formula is C39H22N8. The van der Waals surface area contributed by atoms with Crippen LogP contribution in [0.1, 0.15) is 0 Å². The van der Waals surface area contributed by atoms with E-state index in [0.29, 0.717) is 17.6 Å². The van der Waals surface area contributed by atoms with E-state index >= 15 is 0 Å². The first-order valence-corrected chi connectivity index (χ1v) is 15.3. The zero-order chi connectivity index (χ0) is 30.9. The van der Waals surface area contributed by atoms with Crippen molar-refractivity contribution < 1.29 is 0 Å². The number of rotatable bonds is 3. The first-order chi connectivity index (χ1) is 23.3. The topological polar surface area (TPSA) is 95.2 Å². The second-order valence-electron chi connectivity index (χ2n) is 11.5. The summed E-state index contributed by atoms with van der Waals surface area (Å²) in [5.41, 5.74) is 5.10. The van der Waals surface area contributed by atoms with Gasteiger partial charge in [0.15, 0.2) is 11.6 Å². The van der Waals surface area contributed by atoms with Gasteiger partial charge in [0.1, 0.15) is 11.3 Å². The van der Waals surface area contributed by atoms with Crippen molar-refractivity contribution in [2.45, 2.75) is 0 Å². The molecule has 0 amide bonds. The molecule has 0 unspecified atom stereocenters. The molecule has 0 bridgehead atoms. The molecule has 0 saturated heterocycles. The van der Waals surface area contributed by atoms with E-state index in [0.717, 1.165) is 76.5 Å². The summed E-state index contributed by atoms with van der Waals surface area (Å²) in [5, 5.41) is 8.05. The van der Waals surface area contributed by atoms with E-state index in [1.54, 1.807) is 12.4 Å².